The molecule has 0 aromatic rings. The van der Waals surface area contributed by atoms with Gasteiger partial charge in [-0.15, -0.1) is 0 Å². The van der Waals surface area contributed by atoms with Gasteiger partial charge >= 0.3 is 0 Å². The van der Waals surface area contributed by atoms with E-state index in [4.69, 9.17) is 4.74 Å². The lowest BCUT2D eigenvalue weighted by molar-refractivity contribution is 0.342. The second-order valence-electron chi connectivity index (χ2n) is 2.59. The standard InChI is InChI=1S/C8H10BrFN2O/c1-5-7(10)6(9)4-12(2)8(11-5)13-3/h4H,1-3H3. The third-order valence-electron chi connectivity index (χ3n) is 1.58. The van der Waals surface area contributed by atoms with Crippen LogP contribution in [0.1, 0.15) is 6.92 Å². The molecule has 0 fully saturated rings. The van der Waals surface area contributed by atoms with Crippen molar-refractivity contribution >= 4 is 22.0 Å². The van der Waals surface area contributed by atoms with Gasteiger partial charge < -0.3 is 9.64 Å². The average Bonchev–Trinajstić information content (AvgIpc) is 2.18. The fourth-order valence-corrected chi connectivity index (χ4v) is 1.51. The first-order chi connectivity index (χ1) is 6.06. The van der Waals surface area contributed by atoms with Gasteiger partial charge in [-0.3, -0.25) is 0 Å². The van der Waals surface area contributed by atoms with Crippen LogP contribution in [-0.4, -0.2) is 25.1 Å². The highest BCUT2D eigenvalue weighted by Crippen LogP contribution is 2.25. The summed E-state index contributed by atoms with van der Waals surface area (Å²) in [6, 6.07) is 0.363. The molecule has 0 aromatic carbocycles. The zero-order valence-electron chi connectivity index (χ0n) is 7.64. The van der Waals surface area contributed by atoms with Crippen molar-refractivity contribution in [1.29, 1.82) is 0 Å². The van der Waals surface area contributed by atoms with E-state index >= 15 is 0 Å². The van der Waals surface area contributed by atoms with Crippen molar-refractivity contribution in [1.82, 2.24) is 4.90 Å². The van der Waals surface area contributed by atoms with Crippen LogP contribution in [0.4, 0.5) is 4.39 Å². The van der Waals surface area contributed by atoms with Crippen molar-refractivity contribution in [2.75, 3.05) is 14.2 Å². The highest BCUT2D eigenvalue weighted by Gasteiger charge is 2.14. The number of rotatable bonds is 0. The van der Waals surface area contributed by atoms with Gasteiger partial charge in [0.05, 0.1) is 17.3 Å². The number of aliphatic imine (C=N–C) groups is 1. The molecule has 1 heterocycles. The number of hydrogen-bond donors (Lipinski definition) is 0. The summed E-state index contributed by atoms with van der Waals surface area (Å²) in [4.78, 5) is 5.55. The minimum absolute atomic E-state index is 0.296. The first-order valence-corrected chi connectivity index (χ1v) is 4.45. The van der Waals surface area contributed by atoms with E-state index < -0.39 is 0 Å². The molecule has 3 nitrogen and oxygen atoms in total. The highest BCUT2D eigenvalue weighted by molar-refractivity contribution is 9.11. The SMILES string of the molecule is COC1=NC(C)=C(F)C(Br)=CN1C. The average molecular weight is 249 g/mol. The Labute approximate surface area is 84.7 Å². The summed E-state index contributed by atoms with van der Waals surface area (Å²) in [5.74, 6) is -0.376. The summed E-state index contributed by atoms with van der Waals surface area (Å²) < 4.78 is 18.6. The second-order valence-corrected chi connectivity index (χ2v) is 3.44. The van der Waals surface area contributed by atoms with Gasteiger partial charge in [0, 0.05) is 13.2 Å². The van der Waals surface area contributed by atoms with Crippen LogP contribution >= 0.6 is 15.9 Å². The third kappa shape index (κ3) is 2.09. The molecule has 72 valence electrons. The molecular weight excluding hydrogens is 239 g/mol. The minimum Gasteiger partial charge on any atom is -0.468 e. The van der Waals surface area contributed by atoms with E-state index in [9.17, 15) is 4.39 Å². The predicted octanol–water partition coefficient (Wildman–Crippen LogP) is 2.37. The zero-order chi connectivity index (χ0) is 10.0. The van der Waals surface area contributed by atoms with Gasteiger partial charge in [0.15, 0.2) is 5.83 Å². The van der Waals surface area contributed by atoms with Crippen LogP contribution in [0.2, 0.25) is 0 Å². The Balaban J connectivity index is 3.15. The van der Waals surface area contributed by atoms with Crippen molar-refractivity contribution in [2.24, 2.45) is 4.99 Å². The minimum atomic E-state index is -0.376. The molecule has 0 bridgehead atoms. The number of hydrogen-bond acceptors (Lipinski definition) is 3. The van der Waals surface area contributed by atoms with Crippen molar-refractivity contribution in [2.45, 2.75) is 6.92 Å². The molecule has 0 aliphatic carbocycles. The Kier molecular flexibility index (Phi) is 3.08. The predicted molar refractivity (Wildman–Crippen MR) is 53.0 cm³/mol. The largest absolute Gasteiger partial charge is 0.468 e. The first kappa shape index (κ1) is 10.2. The van der Waals surface area contributed by atoms with Crippen molar-refractivity contribution in [3.63, 3.8) is 0 Å². The molecule has 0 amide bonds. The van der Waals surface area contributed by atoms with Crippen LogP contribution in [-0.2, 0) is 4.74 Å². The Bertz CT molecular complexity index is 309. The summed E-state index contributed by atoms with van der Waals surface area (Å²) in [7, 11) is 3.23. The highest BCUT2D eigenvalue weighted by atomic mass is 79.9. The fraction of sp³-hybridized carbons (Fsp3) is 0.375. The monoisotopic (exact) mass is 248 g/mol. The number of ether oxygens (including phenoxy) is 1. The third-order valence-corrected chi connectivity index (χ3v) is 2.13. The van der Waals surface area contributed by atoms with Crippen LogP contribution in [0.15, 0.2) is 27.2 Å². The molecule has 0 atom stereocenters. The van der Waals surface area contributed by atoms with Crippen LogP contribution in [0.5, 0.6) is 0 Å². The Morgan fingerprint density at radius 3 is 2.77 bits per heavy atom. The Morgan fingerprint density at radius 2 is 2.23 bits per heavy atom. The van der Waals surface area contributed by atoms with Crippen molar-refractivity contribution in [3.05, 3.63) is 22.2 Å². The van der Waals surface area contributed by atoms with E-state index in [-0.39, 0.29) is 5.83 Å². The lowest BCUT2D eigenvalue weighted by atomic mass is 10.4. The molecule has 0 spiro atoms. The van der Waals surface area contributed by atoms with Crippen molar-refractivity contribution < 1.29 is 9.13 Å². The number of methoxy groups -OCH3 is 1. The molecule has 0 radical (unpaired) electrons. The summed E-state index contributed by atoms with van der Waals surface area (Å²) in [5, 5.41) is 0. The lowest BCUT2D eigenvalue weighted by Crippen LogP contribution is -2.22. The Hall–Kier alpha value is -0.840. The quantitative estimate of drug-likeness (QED) is 0.658. The van der Waals surface area contributed by atoms with Gasteiger partial charge in [-0.25, -0.2) is 4.39 Å². The summed E-state index contributed by atoms with van der Waals surface area (Å²) in [6.07, 6.45) is 1.56. The van der Waals surface area contributed by atoms with Crippen LogP contribution in [0, 0.1) is 0 Å². The smallest absolute Gasteiger partial charge is 0.295 e. The molecule has 0 saturated heterocycles. The van der Waals surface area contributed by atoms with Gasteiger partial charge in [-0.05, 0) is 22.9 Å². The summed E-state index contributed by atoms with van der Waals surface area (Å²) in [5.41, 5.74) is 0.296. The molecule has 1 rings (SSSR count). The molecule has 0 N–H and O–H groups in total. The molecule has 1 aliphatic rings. The normalized spacial score (nSPS) is 18.1. The molecular formula is C8H10BrFN2O. The lowest BCUT2D eigenvalue weighted by Gasteiger charge is -2.13. The number of allylic oxidation sites excluding steroid dienone is 3. The van der Waals surface area contributed by atoms with Gasteiger partial charge in [0.25, 0.3) is 6.02 Å². The second kappa shape index (κ2) is 3.91. The van der Waals surface area contributed by atoms with E-state index in [1.807, 2.05) is 0 Å². The van der Waals surface area contributed by atoms with Crippen LogP contribution in [0.25, 0.3) is 0 Å². The summed E-state index contributed by atoms with van der Waals surface area (Å²) in [6.45, 7) is 1.59. The van der Waals surface area contributed by atoms with Crippen LogP contribution in [0.3, 0.4) is 0 Å². The van der Waals surface area contributed by atoms with Gasteiger partial charge in [-0.2, -0.15) is 4.99 Å². The van der Waals surface area contributed by atoms with E-state index in [1.165, 1.54) is 7.11 Å². The maximum absolute atomic E-state index is 13.3. The van der Waals surface area contributed by atoms with Crippen molar-refractivity contribution in [3.8, 4) is 0 Å². The van der Waals surface area contributed by atoms with E-state index in [0.29, 0.717) is 16.2 Å². The fourth-order valence-electron chi connectivity index (χ4n) is 0.916. The zero-order valence-corrected chi connectivity index (χ0v) is 9.22. The van der Waals surface area contributed by atoms with E-state index in [0.717, 1.165) is 0 Å². The van der Waals surface area contributed by atoms with Gasteiger partial charge in [-0.1, -0.05) is 0 Å². The van der Waals surface area contributed by atoms with Gasteiger partial charge in [0.2, 0.25) is 0 Å². The molecule has 1 aliphatic heterocycles. The van der Waals surface area contributed by atoms with E-state index in [1.54, 1.807) is 25.1 Å². The maximum atomic E-state index is 13.3. The molecule has 5 heteroatoms. The number of halogens is 2. The molecule has 0 aromatic heterocycles. The first-order valence-electron chi connectivity index (χ1n) is 3.66. The molecule has 0 unspecified atom stereocenters. The molecule has 0 saturated carbocycles. The maximum Gasteiger partial charge on any atom is 0.295 e. The summed E-state index contributed by atoms with van der Waals surface area (Å²) >= 11 is 3.10. The molecule has 13 heavy (non-hydrogen) atoms. The number of amidine groups is 1. The van der Waals surface area contributed by atoms with E-state index in [2.05, 4.69) is 20.9 Å². The Morgan fingerprint density at radius 1 is 1.62 bits per heavy atom. The number of nitrogens with zero attached hydrogens (tertiary/aromatic N) is 2. The van der Waals surface area contributed by atoms with Gasteiger partial charge in [0.1, 0.15) is 0 Å². The topological polar surface area (TPSA) is 24.8 Å². The van der Waals surface area contributed by atoms with Crippen LogP contribution < -0.4 is 0 Å².